The average molecular weight is 452 g/mol. The van der Waals surface area contributed by atoms with Crippen LogP contribution in [0.15, 0.2) is 42.5 Å². The van der Waals surface area contributed by atoms with Gasteiger partial charge in [0.2, 0.25) is 5.91 Å². The van der Waals surface area contributed by atoms with Crippen LogP contribution in [0, 0.1) is 11.6 Å². The molecule has 1 heterocycles. The van der Waals surface area contributed by atoms with Gasteiger partial charge in [-0.2, -0.15) is 0 Å². The van der Waals surface area contributed by atoms with E-state index in [1.807, 2.05) is 24.3 Å². The molecule has 6 heteroatoms. The molecule has 2 aliphatic carbocycles. The number of benzene rings is 2. The van der Waals surface area contributed by atoms with Crippen LogP contribution in [0.25, 0.3) is 22.4 Å². The fourth-order valence-corrected chi connectivity index (χ4v) is 5.76. The van der Waals surface area contributed by atoms with Gasteiger partial charge in [0, 0.05) is 12.1 Å². The summed E-state index contributed by atoms with van der Waals surface area (Å²) in [6.45, 7) is 0.0821. The van der Waals surface area contributed by atoms with Crippen LogP contribution in [-0.2, 0) is 11.3 Å². The highest BCUT2D eigenvalue weighted by molar-refractivity contribution is 5.85. The maximum absolute atomic E-state index is 14.7. The first-order chi connectivity index (χ1) is 16.1. The number of amides is 1. The first kappa shape index (κ1) is 22.1. The van der Waals surface area contributed by atoms with E-state index in [9.17, 15) is 13.6 Å². The molecule has 2 fully saturated rings. The number of halogens is 2. The van der Waals surface area contributed by atoms with Crippen molar-refractivity contribution in [3.63, 3.8) is 0 Å². The third kappa shape index (κ3) is 4.40. The van der Waals surface area contributed by atoms with Crippen molar-refractivity contribution in [2.24, 2.45) is 0 Å². The highest BCUT2D eigenvalue weighted by Crippen LogP contribution is 2.32. The van der Waals surface area contributed by atoms with Crippen LogP contribution in [-0.4, -0.2) is 32.4 Å². The molecule has 33 heavy (non-hydrogen) atoms. The van der Waals surface area contributed by atoms with E-state index in [1.54, 1.807) is 4.57 Å². The van der Waals surface area contributed by atoms with E-state index in [4.69, 9.17) is 0 Å². The molecule has 0 atom stereocenters. The summed E-state index contributed by atoms with van der Waals surface area (Å²) < 4.78 is 30.6. The Morgan fingerprint density at radius 3 is 2.18 bits per heavy atom. The van der Waals surface area contributed by atoms with Crippen molar-refractivity contribution in [1.82, 2.24) is 14.5 Å². The zero-order valence-corrected chi connectivity index (χ0v) is 19.0. The second-order valence-electron chi connectivity index (χ2n) is 9.50. The molecule has 0 N–H and O–H groups in total. The number of fused-ring (bicyclic) bond motifs is 1. The Bertz CT molecular complexity index is 1110. The molecule has 0 saturated heterocycles. The van der Waals surface area contributed by atoms with Crippen molar-refractivity contribution in [2.75, 3.05) is 0 Å². The zero-order chi connectivity index (χ0) is 22.8. The largest absolute Gasteiger partial charge is 0.335 e. The van der Waals surface area contributed by atoms with E-state index in [2.05, 4.69) is 9.88 Å². The standard InChI is InChI=1S/C27H31F2N3O/c28-22-15-9-14-21(26(22)29)27-30-23-16-7-8-17-24(23)31(27)18-25(33)32(19-10-3-1-4-11-19)20-12-5-2-6-13-20/h7-9,14-17,19-20H,1-6,10-13,18H2. The van der Waals surface area contributed by atoms with E-state index in [0.717, 1.165) is 62.9 Å². The fourth-order valence-electron chi connectivity index (χ4n) is 5.76. The van der Waals surface area contributed by atoms with Crippen LogP contribution in [0.4, 0.5) is 8.78 Å². The molecule has 0 unspecified atom stereocenters. The fraction of sp³-hybridized carbons (Fsp3) is 0.481. The number of rotatable bonds is 5. The minimum absolute atomic E-state index is 0.0648. The highest BCUT2D eigenvalue weighted by Gasteiger charge is 2.33. The molecular formula is C27H31F2N3O. The van der Waals surface area contributed by atoms with Gasteiger partial charge >= 0.3 is 0 Å². The number of carbonyl (C=O) groups is 1. The second kappa shape index (κ2) is 9.62. The maximum atomic E-state index is 14.7. The number of imidazole rings is 1. The summed E-state index contributed by atoms with van der Waals surface area (Å²) in [5.74, 6) is -1.48. The Morgan fingerprint density at radius 2 is 1.52 bits per heavy atom. The summed E-state index contributed by atoms with van der Waals surface area (Å²) in [5.41, 5.74) is 1.52. The summed E-state index contributed by atoms with van der Waals surface area (Å²) in [7, 11) is 0. The van der Waals surface area contributed by atoms with E-state index < -0.39 is 11.6 Å². The van der Waals surface area contributed by atoms with Crippen molar-refractivity contribution in [3.05, 3.63) is 54.1 Å². The zero-order valence-electron chi connectivity index (χ0n) is 19.0. The summed E-state index contributed by atoms with van der Waals surface area (Å²) in [5, 5.41) is 0. The van der Waals surface area contributed by atoms with Gasteiger partial charge in [-0.05, 0) is 49.9 Å². The van der Waals surface area contributed by atoms with E-state index in [0.29, 0.717) is 11.3 Å². The molecule has 5 rings (SSSR count). The summed E-state index contributed by atoms with van der Waals surface area (Å²) in [4.78, 5) is 20.7. The monoisotopic (exact) mass is 451 g/mol. The molecular weight excluding hydrogens is 420 g/mol. The third-order valence-electron chi connectivity index (χ3n) is 7.36. The van der Waals surface area contributed by atoms with Crippen molar-refractivity contribution in [1.29, 1.82) is 0 Å². The number of hydrogen-bond donors (Lipinski definition) is 0. The molecule has 1 amide bonds. The Kier molecular flexibility index (Phi) is 6.43. The number of hydrogen-bond acceptors (Lipinski definition) is 2. The van der Waals surface area contributed by atoms with Gasteiger partial charge < -0.3 is 9.47 Å². The topological polar surface area (TPSA) is 38.1 Å². The molecule has 0 spiro atoms. The van der Waals surface area contributed by atoms with E-state index in [1.165, 1.54) is 25.0 Å². The van der Waals surface area contributed by atoms with Crippen LogP contribution >= 0.6 is 0 Å². The Labute approximate surface area is 193 Å². The smallest absolute Gasteiger partial charge is 0.243 e. The molecule has 2 aliphatic rings. The van der Waals surface area contributed by atoms with Crippen LogP contribution in [0.2, 0.25) is 0 Å². The molecule has 2 saturated carbocycles. The number of carbonyl (C=O) groups excluding carboxylic acids is 1. The lowest BCUT2D eigenvalue weighted by Crippen LogP contribution is -2.50. The third-order valence-corrected chi connectivity index (χ3v) is 7.36. The number of nitrogens with zero attached hydrogens (tertiary/aromatic N) is 3. The molecule has 2 aromatic carbocycles. The van der Waals surface area contributed by atoms with Gasteiger partial charge in [0.1, 0.15) is 12.4 Å². The Morgan fingerprint density at radius 1 is 0.879 bits per heavy atom. The highest BCUT2D eigenvalue weighted by atomic mass is 19.2. The quantitative estimate of drug-likeness (QED) is 0.446. The predicted octanol–water partition coefficient (Wildman–Crippen LogP) is 6.48. The van der Waals surface area contributed by atoms with Crippen molar-refractivity contribution < 1.29 is 13.6 Å². The summed E-state index contributed by atoms with van der Waals surface area (Å²) in [6, 6.07) is 12.2. The lowest BCUT2D eigenvalue weighted by molar-refractivity contribution is -0.138. The molecule has 4 nitrogen and oxygen atoms in total. The minimum atomic E-state index is -0.932. The molecule has 174 valence electrons. The molecule has 1 aromatic heterocycles. The van der Waals surface area contributed by atoms with Crippen LogP contribution in [0.1, 0.15) is 64.2 Å². The van der Waals surface area contributed by atoms with Crippen LogP contribution < -0.4 is 0 Å². The predicted molar refractivity (Wildman–Crippen MR) is 126 cm³/mol. The van der Waals surface area contributed by atoms with Crippen molar-refractivity contribution in [2.45, 2.75) is 82.8 Å². The lowest BCUT2D eigenvalue weighted by Gasteiger charge is -2.42. The Hall–Kier alpha value is -2.76. The maximum Gasteiger partial charge on any atom is 0.243 e. The van der Waals surface area contributed by atoms with Gasteiger partial charge in [-0.3, -0.25) is 4.79 Å². The molecule has 0 bridgehead atoms. The van der Waals surface area contributed by atoms with Crippen molar-refractivity contribution in [3.8, 4) is 11.4 Å². The molecule has 0 aliphatic heterocycles. The normalized spacial score (nSPS) is 18.0. The lowest BCUT2D eigenvalue weighted by atomic mass is 9.88. The van der Waals surface area contributed by atoms with Gasteiger partial charge in [-0.25, -0.2) is 13.8 Å². The average Bonchev–Trinajstić information content (AvgIpc) is 3.20. The van der Waals surface area contributed by atoms with E-state index >= 15 is 0 Å². The SMILES string of the molecule is O=C(Cn1c(-c2cccc(F)c2F)nc2ccccc21)N(C1CCCCC1)C1CCCCC1. The van der Waals surface area contributed by atoms with E-state index in [-0.39, 0.29) is 30.1 Å². The number of para-hydroxylation sites is 2. The summed E-state index contributed by atoms with van der Waals surface area (Å²) in [6.07, 6.45) is 11.3. The minimum Gasteiger partial charge on any atom is -0.335 e. The van der Waals surface area contributed by atoms with Gasteiger partial charge in [-0.15, -0.1) is 0 Å². The van der Waals surface area contributed by atoms with Crippen molar-refractivity contribution >= 4 is 16.9 Å². The van der Waals surface area contributed by atoms with Gasteiger partial charge in [-0.1, -0.05) is 56.7 Å². The van der Waals surface area contributed by atoms with Crippen LogP contribution in [0.5, 0.6) is 0 Å². The van der Waals surface area contributed by atoms with Gasteiger partial charge in [0.25, 0.3) is 0 Å². The first-order valence-electron chi connectivity index (χ1n) is 12.3. The number of aromatic nitrogens is 2. The van der Waals surface area contributed by atoms with Crippen LogP contribution in [0.3, 0.4) is 0 Å². The Balaban J connectivity index is 1.54. The molecule has 3 aromatic rings. The van der Waals surface area contributed by atoms with Gasteiger partial charge in [0.15, 0.2) is 11.6 Å². The first-order valence-corrected chi connectivity index (χ1v) is 12.3. The second-order valence-corrected chi connectivity index (χ2v) is 9.50. The van der Waals surface area contributed by atoms with Gasteiger partial charge in [0.05, 0.1) is 16.6 Å². The molecule has 0 radical (unpaired) electrons. The summed E-state index contributed by atoms with van der Waals surface area (Å²) >= 11 is 0.